The van der Waals surface area contributed by atoms with E-state index in [4.69, 9.17) is 0 Å². The average Bonchev–Trinajstić information content (AvgIpc) is 3.10. The molecule has 1 atom stereocenters. The zero-order chi connectivity index (χ0) is 12.4. The number of hydrogen-bond donors (Lipinski definition) is 1. The van der Waals surface area contributed by atoms with Crippen LogP contribution in [0.25, 0.3) is 0 Å². The van der Waals surface area contributed by atoms with Gasteiger partial charge in [-0.2, -0.15) is 0 Å². The van der Waals surface area contributed by atoms with Gasteiger partial charge in [-0.25, -0.2) is 0 Å². The molecular formula is C13H20ClN3OS. The summed E-state index contributed by atoms with van der Waals surface area (Å²) in [5.74, 6) is 0.211. The lowest BCUT2D eigenvalue weighted by Crippen LogP contribution is -2.49. The molecule has 106 valence electrons. The van der Waals surface area contributed by atoms with Crippen molar-refractivity contribution < 1.29 is 4.79 Å². The molecule has 0 spiro atoms. The second kappa shape index (κ2) is 6.70. The van der Waals surface area contributed by atoms with E-state index in [0.29, 0.717) is 6.04 Å². The average molecular weight is 302 g/mol. The number of carbonyl (C=O) groups is 1. The maximum absolute atomic E-state index is 12.2. The number of halogens is 1. The van der Waals surface area contributed by atoms with Gasteiger partial charge in [0.25, 0.3) is 5.91 Å². The summed E-state index contributed by atoms with van der Waals surface area (Å²) in [6.45, 7) is 6.20. The van der Waals surface area contributed by atoms with Crippen LogP contribution in [0.15, 0.2) is 17.5 Å². The van der Waals surface area contributed by atoms with Crippen LogP contribution in [0, 0.1) is 0 Å². The normalized spacial score (nSPS) is 24.2. The predicted molar refractivity (Wildman–Crippen MR) is 80.3 cm³/mol. The number of thiophene rings is 1. The molecule has 1 amide bonds. The van der Waals surface area contributed by atoms with Gasteiger partial charge in [0.2, 0.25) is 0 Å². The van der Waals surface area contributed by atoms with E-state index in [0.717, 1.165) is 50.6 Å². The minimum absolute atomic E-state index is 0. The van der Waals surface area contributed by atoms with Crippen LogP contribution < -0.4 is 5.32 Å². The Hall–Kier alpha value is -0.620. The van der Waals surface area contributed by atoms with Crippen molar-refractivity contribution in [2.45, 2.75) is 12.5 Å². The van der Waals surface area contributed by atoms with E-state index in [2.05, 4.69) is 10.2 Å². The number of nitrogens with zero attached hydrogens (tertiary/aromatic N) is 2. The van der Waals surface area contributed by atoms with E-state index in [-0.39, 0.29) is 18.3 Å². The lowest BCUT2D eigenvalue weighted by Gasteiger charge is -2.32. The lowest BCUT2D eigenvalue weighted by molar-refractivity contribution is 0.0778. The van der Waals surface area contributed by atoms with Crippen LogP contribution in [0.4, 0.5) is 0 Å². The Morgan fingerprint density at radius 3 is 2.79 bits per heavy atom. The summed E-state index contributed by atoms with van der Waals surface area (Å²) in [4.78, 5) is 17.7. The highest BCUT2D eigenvalue weighted by atomic mass is 35.5. The first kappa shape index (κ1) is 14.8. The Morgan fingerprint density at radius 2 is 2.11 bits per heavy atom. The number of amides is 1. The summed E-state index contributed by atoms with van der Waals surface area (Å²) in [6, 6.07) is 4.43. The maximum atomic E-state index is 12.2. The van der Waals surface area contributed by atoms with Crippen LogP contribution in [-0.4, -0.2) is 61.0 Å². The van der Waals surface area contributed by atoms with Gasteiger partial charge < -0.3 is 10.2 Å². The van der Waals surface area contributed by atoms with Gasteiger partial charge in [0.15, 0.2) is 0 Å². The van der Waals surface area contributed by atoms with Gasteiger partial charge >= 0.3 is 0 Å². The number of rotatable bonds is 2. The summed E-state index contributed by atoms with van der Waals surface area (Å²) in [5.41, 5.74) is 0. The molecule has 1 aromatic rings. The number of piperazine rings is 1. The topological polar surface area (TPSA) is 35.6 Å². The minimum Gasteiger partial charge on any atom is -0.336 e. The second-order valence-electron chi connectivity index (χ2n) is 4.96. The summed E-state index contributed by atoms with van der Waals surface area (Å²) in [5, 5.41) is 5.34. The number of nitrogens with one attached hydrogen (secondary N) is 1. The summed E-state index contributed by atoms with van der Waals surface area (Å²) >= 11 is 1.54. The molecule has 1 N–H and O–H groups in total. The smallest absolute Gasteiger partial charge is 0.263 e. The first-order valence-electron chi connectivity index (χ1n) is 6.62. The molecule has 0 radical (unpaired) electrons. The fourth-order valence-electron chi connectivity index (χ4n) is 2.83. The molecule has 6 heteroatoms. The number of hydrogen-bond acceptors (Lipinski definition) is 4. The molecule has 0 aliphatic carbocycles. The van der Waals surface area contributed by atoms with E-state index in [1.165, 1.54) is 11.3 Å². The third kappa shape index (κ3) is 3.28. The van der Waals surface area contributed by atoms with Gasteiger partial charge in [-0.1, -0.05) is 6.07 Å². The van der Waals surface area contributed by atoms with Crippen molar-refractivity contribution in [3.8, 4) is 0 Å². The van der Waals surface area contributed by atoms with Gasteiger partial charge in [0, 0.05) is 45.3 Å². The standard InChI is InChI=1S/C13H19N3OS.ClH/c17-13(12-2-1-9-18-12)16-6-3-11(10-16)15-7-4-14-5-8-15;/h1-2,9,11,14H,3-8,10H2;1H. The van der Waals surface area contributed by atoms with Gasteiger partial charge in [0.1, 0.15) is 0 Å². The van der Waals surface area contributed by atoms with E-state index >= 15 is 0 Å². The molecule has 2 aliphatic heterocycles. The molecule has 0 aromatic carbocycles. The van der Waals surface area contributed by atoms with Crippen LogP contribution in [0.5, 0.6) is 0 Å². The summed E-state index contributed by atoms with van der Waals surface area (Å²) in [7, 11) is 0. The molecular weight excluding hydrogens is 282 g/mol. The molecule has 3 heterocycles. The SMILES string of the molecule is Cl.O=C(c1cccs1)N1CCC(N2CCNCC2)C1. The zero-order valence-electron chi connectivity index (χ0n) is 10.9. The summed E-state index contributed by atoms with van der Waals surface area (Å²) in [6.07, 6.45) is 1.12. The van der Waals surface area contributed by atoms with E-state index in [9.17, 15) is 4.79 Å². The fraction of sp³-hybridized carbons (Fsp3) is 0.615. The first-order valence-corrected chi connectivity index (χ1v) is 7.50. The third-order valence-electron chi connectivity index (χ3n) is 3.85. The highest BCUT2D eigenvalue weighted by molar-refractivity contribution is 7.12. The monoisotopic (exact) mass is 301 g/mol. The molecule has 0 saturated carbocycles. The lowest BCUT2D eigenvalue weighted by atomic mass is 10.2. The Labute approximate surface area is 124 Å². The maximum Gasteiger partial charge on any atom is 0.263 e. The van der Waals surface area contributed by atoms with Gasteiger partial charge in [0.05, 0.1) is 4.88 Å². The van der Waals surface area contributed by atoms with Crippen LogP contribution in [0.1, 0.15) is 16.1 Å². The largest absolute Gasteiger partial charge is 0.336 e. The summed E-state index contributed by atoms with van der Waals surface area (Å²) < 4.78 is 0. The predicted octanol–water partition coefficient (Wildman–Crippen LogP) is 1.29. The Morgan fingerprint density at radius 1 is 1.32 bits per heavy atom. The van der Waals surface area contributed by atoms with Crippen molar-refractivity contribution in [1.82, 2.24) is 15.1 Å². The van der Waals surface area contributed by atoms with Crippen molar-refractivity contribution in [1.29, 1.82) is 0 Å². The van der Waals surface area contributed by atoms with E-state index in [1.54, 1.807) is 0 Å². The van der Waals surface area contributed by atoms with E-state index < -0.39 is 0 Å². The molecule has 0 bridgehead atoms. The van der Waals surface area contributed by atoms with Gasteiger partial charge in [-0.15, -0.1) is 23.7 Å². The van der Waals surface area contributed by atoms with E-state index in [1.807, 2.05) is 22.4 Å². The highest BCUT2D eigenvalue weighted by Gasteiger charge is 2.31. The zero-order valence-corrected chi connectivity index (χ0v) is 12.5. The number of likely N-dealkylation sites (tertiary alicyclic amines) is 1. The van der Waals surface area contributed by atoms with Crippen LogP contribution in [-0.2, 0) is 0 Å². The van der Waals surface area contributed by atoms with Crippen molar-refractivity contribution >= 4 is 29.7 Å². The Kier molecular flexibility index (Phi) is 5.21. The first-order chi connectivity index (χ1) is 8.84. The van der Waals surface area contributed by atoms with Crippen LogP contribution >= 0.6 is 23.7 Å². The van der Waals surface area contributed by atoms with Crippen LogP contribution in [0.2, 0.25) is 0 Å². The molecule has 1 unspecified atom stereocenters. The van der Waals surface area contributed by atoms with Gasteiger partial charge in [-0.3, -0.25) is 9.69 Å². The minimum atomic E-state index is 0. The Bertz CT molecular complexity index is 406. The highest BCUT2D eigenvalue weighted by Crippen LogP contribution is 2.20. The van der Waals surface area contributed by atoms with Crippen molar-refractivity contribution in [2.24, 2.45) is 0 Å². The molecule has 1 aromatic heterocycles. The Balaban J connectivity index is 0.00000133. The second-order valence-corrected chi connectivity index (χ2v) is 5.90. The van der Waals surface area contributed by atoms with Crippen molar-refractivity contribution in [3.05, 3.63) is 22.4 Å². The fourth-order valence-corrected chi connectivity index (χ4v) is 3.52. The molecule has 4 nitrogen and oxygen atoms in total. The molecule has 2 aliphatic rings. The number of carbonyl (C=O) groups excluding carboxylic acids is 1. The van der Waals surface area contributed by atoms with Gasteiger partial charge in [-0.05, 0) is 17.9 Å². The molecule has 2 saturated heterocycles. The van der Waals surface area contributed by atoms with Crippen LogP contribution in [0.3, 0.4) is 0 Å². The van der Waals surface area contributed by atoms with Crippen molar-refractivity contribution in [2.75, 3.05) is 39.3 Å². The third-order valence-corrected chi connectivity index (χ3v) is 4.71. The molecule has 19 heavy (non-hydrogen) atoms. The molecule has 2 fully saturated rings. The van der Waals surface area contributed by atoms with Crippen molar-refractivity contribution in [3.63, 3.8) is 0 Å². The quantitative estimate of drug-likeness (QED) is 0.894. The molecule has 3 rings (SSSR count).